The van der Waals surface area contributed by atoms with E-state index in [1.54, 1.807) is 20.8 Å². The number of Topliss-reactive ketones (excluding diaryl/α,β-unsaturated/α-hetero) is 1. The molecule has 0 aliphatic heterocycles. The molecule has 3 saturated carbocycles. The Morgan fingerprint density at radius 2 is 1.83 bits per heavy atom. The number of benzene rings is 1. The van der Waals surface area contributed by atoms with Gasteiger partial charge in [-0.1, -0.05) is 37.6 Å². The van der Waals surface area contributed by atoms with Crippen LogP contribution in [0.3, 0.4) is 0 Å². The summed E-state index contributed by atoms with van der Waals surface area (Å²) in [5, 5.41) is 21.6. The zero-order chi connectivity index (χ0) is 29.5. The third-order valence-electron chi connectivity index (χ3n) is 10.4. The van der Waals surface area contributed by atoms with E-state index in [1.165, 1.54) is 30.4 Å². The Kier molecular flexibility index (Phi) is 8.22. The van der Waals surface area contributed by atoms with Crippen molar-refractivity contribution in [2.75, 3.05) is 6.61 Å². The average Bonchev–Trinajstić information content (AvgIpc) is 3.11. The van der Waals surface area contributed by atoms with Crippen LogP contribution in [0.15, 0.2) is 53.0 Å². The molecule has 0 unspecified atom stereocenters. The topological polar surface area (TPSA) is 155 Å². The molecule has 0 spiro atoms. The van der Waals surface area contributed by atoms with Gasteiger partial charge < -0.3 is 14.9 Å². The molecule has 0 heterocycles. The van der Waals surface area contributed by atoms with E-state index in [1.807, 2.05) is 0 Å². The second-order valence-electron chi connectivity index (χ2n) is 12.1. The summed E-state index contributed by atoms with van der Waals surface area (Å²) in [5.74, 6) is -4.37. The molecule has 1 aromatic carbocycles. The molecule has 0 aromatic heterocycles. The quantitative estimate of drug-likeness (QED) is 0.262. The number of carbonyl (C=O) groups is 3. The van der Waals surface area contributed by atoms with Crippen LogP contribution in [0.25, 0.3) is 0 Å². The predicted octanol–water partition coefficient (Wildman–Crippen LogP) is 2.36. The third kappa shape index (κ3) is 4.29. The number of hydrogen-bond donors (Lipinski definition) is 3. The molecule has 0 amide bonds. The summed E-state index contributed by atoms with van der Waals surface area (Å²) in [6, 6.07) is 4.83. The van der Waals surface area contributed by atoms with Crippen molar-refractivity contribution in [1.29, 1.82) is 0 Å². The van der Waals surface area contributed by atoms with Gasteiger partial charge in [0, 0.05) is 22.7 Å². The number of hydrogen-bond acceptors (Lipinski definition) is 8. The zero-order valence-corrected chi connectivity index (χ0v) is 23.3. The molecule has 0 radical (unpaired) electrons. The number of aliphatic hydroxyl groups is 2. The molecule has 0 bridgehead atoms. The van der Waals surface area contributed by atoms with Crippen LogP contribution >= 0.6 is 0 Å². The number of fused-ring (bicyclic) bond motifs is 5. The van der Waals surface area contributed by atoms with Crippen molar-refractivity contribution in [2.45, 2.75) is 68.7 Å². The van der Waals surface area contributed by atoms with Gasteiger partial charge in [0.2, 0.25) is 5.78 Å². The van der Waals surface area contributed by atoms with Gasteiger partial charge in [0.05, 0.1) is 11.7 Å². The normalized spacial score (nSPS) is 39.5. The SMILES string of the molecule is C[C@@H]1C[C@H]2[C@@H]3CCC4=CC(=O)C=C[C@]4(C)[C@@]3(F)[C@@H](O)C[C@]2(C)[C@@]1(OC(=O)c1ccccc1S(=O)(=O)O)C(=O)CO.[NaH]. The summed E-state index contributed by atoms with van der Waals surface area (Å²) in [5.41, 5.74) is -6.70. The molecule has 218 valence electrons. The molecular formula is C29H34FNaO9S. The monoisotopic (exact) mass is 600 g/mol. The van der Waals surface area contributed by atoms with Crippen LogP contribution < -0.4 is 0 Å². The average molecular weight is 601 g/mol. The molecule has 3 fully saturated rings. The zero-order valence-electron chi connectivity index (χ0n) is 22.5. The Morgan fingerprint density at radius 3 is 2.46 bits per heavy atom. The van der Waals surface area contributed by atoms with Crippen molar-refractivity contribution in [3.05, 3.63) is 53.6 Å². The van der Waals surface area contributed by atoms with Crippen LogP contribution in [0, 0.1) is 28.6 Å². The fraction of sp³-hybridized carbons (Fsp3) is 0.552. The molecule has 4 aliphatic carbocycles. The fourth-order valence-electron chi connectivity index (χ4n) is 8.58. The van der Waals surface area contributed by atoms with Gasteiger partial charge >= 0.3 is 35.5 Å². The summed E-state index contributed by atoms with van der Waals surface area (Å²) in [4.78, 5) is 38.5. The van der Waals surface area contributed by atoms with Crippen molar-refractivity contribution in [3.63, 3.8) is 0 Å². The Labute approximate surface area is 260 Å². The van der Waals surface area contributed by atoms with E-state index in [9.17, 15) is 37.6 Å². The number of allylic oxidation sites excluding steroid dienone is 4. The fourth-order valence-corrected chi connectivity index (χ4v) is 9.26. The number of esters is 1. The van der Waals surface area contributed by atoms with E-state index in [0.29, 0.717) is 12.0 Å². The Bertz CT molecular complexity index is 1470. The molecule has 0 saturated heterocycles. The molecule has 4 aliphatic rings. The molecule has 9 nitrogen and oxygen atoms in total. The van der Waals surface area contributed by atoms with E-state index < -0.39 is 84.9 Å². The number of halogens is 1. The Balaban J connectivity index is 0.00000387. The van der Waals surface area contributed by atoms with Crippen LogP contribution in [0.2, 0.25) is 0 Å². The van der Waals surface area contributed by atoms with Gasteiger partial charge in [-0.25, -0.2) is 9.18 Å². The first-order chi connectivity index (χ1) is 18.6. The van der Waals surface area contributed by atoms with Gasteiger partial charge in [0.15, 0.2) is 17.1 Å². The maximum atomic E-state index is 17.5. The number of ketones is 2. The van der Waals surface area contributed by atoms with E-state index >= 15 is 4.39 Å². The molecule has 5 rings (SSSR count). The van der Waals surface area contributed by atoms with Crippen molar-refractivity contribution < 1.29 is 46.7 Å². The summed E-state index contributed by atoms with van der Waals surface area (Å²) in [6.45, 7) is 3.96. The number of rotatable bonds is 5. The summed E-state index contributed by atoms with van der Waals surface area (Å²) in [6.07, 6.45) is 3.24. The van der Waals surface area contributed by atoms with Crippen molar-refractivity contribution in [1.82, 2.24) is 0 Å². The van der Waals surface area contributed by atoms with Crippen LogP contribution in [-0.4, -0.2) is 94.3 Å². The molecule has 8 atom stereocenters. The summed E-state index contributed by atoms with van der Waals surface area (Å²) in [7, 11) is -4.83. The molecule has 12 heteroatoms. The molecular weight excluding hydrogens is 566 g/mol. The molecule has 3 N–H and O–H groups in total. The minimum absolute atomic E-state index is 0. The Hall–Kier alpha value is -1.73. The standard InChI is InChI=1S/C29H33FO9S.Na.H/c1-16-12-21-20-9-8-17-13-18(32)10-11-26(17,2)28(20,30)23(33)14-27(21,3)29(16,24(34)15-31)39-25(35)19-6-4-5-7-22(19)40(36,37)38;;/h4-7,10-11,13,16,20-21,23,31,33H,8-9,12,14-15H2,1-3H3,(H,36,37,38);;/t16-,20+,21+,23+,26+,27+,28+,29+;;/m1../s1. The van der Waals surface area contributed by atoms with E-state index in [4.69, 9.17) is 4.74 Å². The van der Waals surface area contributed by atoms with Crippen LogP contribution in [-0.2, 0) is 24.4 Å². The van der Waals surface area contributed by atoms with Gasteiger partial charge in [0.1, 0.15) is 11.5 Å². The first-order valence-electron chi connectivity index (χ1n) is 13.3. The number of ether oxygens (including phenoxy) is 1. The second-order valence-corrected chi connectivity index (χ2v) is 13.5. The van der Waals surface area contributed by atoms with Crippen LogP contribution in [0.1, 0.15) is 56.8 Å². The number of alkyl halides is 1. The number of carbonyl (C=O) groups excluding carboxylic acids is 3. The van der Waals surface area contributed by atoms with Crippen molar-refractivity contribution >= 4 is 57.2 Å². The Morgan fingerprint density at radius 1 is 1.17 bits per heavy atom. The van der Waals surface area contributed by atoms with Gasteiger partial charge in [-0.15, -0.1) is 0 Å². The maximum absolute atomic E-state index is 17.5. The minimum atomic E-state index is -4.83. The van der Waals surface area contributed by atoms with Gasteiger partial charge in [-0.05, 0) is 62.8 Å². The van der Waals surface area contributed by atoms with E-state index in [-0.39, 0.29) is 54.6 Å². The predicted molar refractivity (Wildman–Crippen MR) is 147 cm³/mol. The first kappa shape index (κ1) is 32.2. The van der Waals surface area contributed by atoms with Gasteiger partial charge in [0.25, 0.3) is 10.1 Å². The molecule has 41 heavy (non-hydrogen) atoms. The van der Waals surface area contributed by atoms with Crippen molar-refractivity contribution in [2.24, 2.45) is 28.6 Å². The van der Waals surface area contributed by atoms with Crippen LogP contribution in [0.4, 0.5) is 4.39 Å². The van der Waals surface area contributed by atoms with Gasteiger partial charge in [-0.3, -0.25) is 14.1 Å². The first-order valence-corrected chi connectivity index (χ1v) is 14.8. The second kappa shape index (κ2) is 10.5. The van der Waals surface area contributed by atoms with Crippen LogP contribution in [0.5, 0.6) is 0 Å². The summed E-state index contributed by atoms with van der Waals surface area (Å²) < 4.78 is 57.0. The third-order valence-corrected chi connectivity index (χ3v) is 11.3. The number of aliphatic hydroxyl groups excluding tert-OH is 2. The van der Waals surface area contributed by atoms with Crippen molar-refractivity contribution in [3.8, 4) is 0 Å². The van der Waals surface area contributed by atoms with Gasteiger partial charge in [-0.2, -0.15) is 8.42 Å². The van der Waals surface area contributed by atoms with E-state index in [0.717, 1.165) is 12.1 Å². The summed E-state index contributed by atoms with van der Waals surface area (Å²) >= 11 is 0. The molecule has 1 aromatic rings. The van der Waals surface area contributed by atoms with E-state index in [2.05, 4.69) is 0 Å².